The number of fused-ring (bicyclic) bond motifs is 3. The molecule has 4 aromatic rings. The first-order valence-corrected chi connectivity index (χ1v) is 10.9. The molecule has 3 aromatic carbocycles. The van der Waals surface area contributed by atoms with Crippen molar-refractivity contribution in [2.75, 3.05) is 12.4 Å². The van der Waals surface area contributed by atoms with Crippen molar-refractivity contribution in [3.05, 3.63) is 106 Å². The number of aryl methyl sites for hydroxylation is 1. The Labute approximate surface area is 195 Å². The van der Waals surface area contributed by atoms with Crippen LogP contribution in [0.15, 0.2) is 78.4 Å². The number of nitrogens with zero attached hydrogens (tertiary/aromatic N) is 4. The van der Waals surface area contributed by atoms with Crippen LogP contribution >= 0.6 is 0 Å². The van der Waals surface area contributed by atoms with Gasteiger partial charge in [0.1, 0.15) is 17.9 Å². The number of carbonyl (C=O) groups is 1. The van der Waals surface area contributed by atoms with E-state index < -0.39 is 6.10 Å². The summed E-state index contributed by atoms with van der Waals surface area (Å²) in [5, 5.41) is 15.9. The summed E-state index contributed by atoms with van der Waals surface area (Å²) in [5.74, 6) is 0.955. The number of anilines is 1. The Morgan fingerprint density at radius 2 is 1.74 bits per heavy atom. The molecule has 8 nitrogen and oxygen atoms in total. The van der Waals surface area contributed by atoms with E-state index in [1.165, 1.54) is 12.7 Å². The highest BCUT2D eigenvalue weighted by atomic mass is 16.5. The van der Waals surface area contributed by atoms with Gasteiger partial charge in [0.2, 0.25) is 5.95 Å². The van der Waals surface area contributed by atoms with E-state index in [1.54, 1.807) is 16.8 Å². The summed E-state index contributed by atoms with van der Waals surface area (Å²) in [4.78, 5) is 12.0. The summed E-state index contributed by atoms with van der Waals surface area (Å²) in [5.41, 5.74) is 6.48. The quantitative estimate of drug-likeness (QED) is 0.464. The monoisotopic (exact) mass is 451 g/mol. The van der Waals surface area contributed by atoms with Gasteiger partial charge in [0.25, 0.3) is 0 Å². The minimum absolute atomic E-state index is 0.277. The lowest BCUT2D eigenvalue weighted by atomic mass is 9.84. The lowest BCUT2D eigenvalue weighted by Gasteiger charge is -2.38. The first kappa shape index (κ1) is 20.2. The van der Waals surface area contributed by atoms with Crippen LogP contribution in [0.3, 0.4) is 0 Å². The summed E-state index contributed by atoms with van der Waals surface area (Å²) in [7, 11) is 1.37. The molecule has 1 N–H and O–H groups in total. The van der Waals surface area contributed by atoms with E-state index in [4.69, 9.17) is 9.47 Å². The second-order valence-electron chi connectivity index (χ2n) is 8.32. The van der Waals surface area contributed by atoms with E-state index in [9.17, 15) is 4.79 Å². The van der Waals surface area contributed by atoms with Crippen LogP contribution in [0.1, 0.15) is 44.8 Å². The van der Waals surface area contributed by atoms with Gasteiger partial charge in [0.15, 0.2) is 0 Å². The Bertz CT molecular complexity index is 1420. The van der Waals surface area contributed by atoms with Crippen molar-refractivity contribution in [1.82, 2.24) is 20.2 Å². The second kappa shape index (κ2) is 7.84. The molecule has 0 saturated heterocycles. The zero-order valence-electron chi connectivity index (χ0n) is 18.6. The average Bonchev–Trinajstić information content (AvgIpc) is 3.35. The number of nitrogens with one attached hydrogen (secondary N) is 1. The van der Waals surface area contributed by atoms with Gasteiger partial charge in [-0.15, -0.1) is 0 Å². The van der Waals surface area contributed by atoms with Crippen molar-refractivity contribution in [2.45, 2.75) is 19.1 Å². The molecule has 0 spiro atoms. The van der Waals surface area contributed by atoms with E-state index >= 15 is 0 Å². The maximum atomic E-state index is 12.0. The molecule has 0 bridgehead atoms. The normalized spacial score (nSPS) is 18.2. The Hall–Kier alpha value is -4.46. The van der Waals surface area contributed by atoms with E-state index in [1.807, 2.05) is 36.4 Å². The number of para-hydroxylation sites is 1. The Morgan fingerprint density at radius 1 is 1.00 bits per heavy atom. The van der Waals surface area contributed by atoms with E-state index in [2.05, 4.69) is 52.0 Å². The van der Waals surface area contributed by atoms with Gasteiger partial charge in [0.05, 0.1) is 18.4 Å². The van der Waals surface area contributed by atoms with Crippen LogP contribution in [0.4, 0.5) is 5.95 Å². The molecule has 8 heteroatoms. The molecule has 2 aliphatic heterocycles. The van der Waals surface area contributed by atoms with Crippen molar-refractivity contribution in [2.24, 2.45) is 0 Å². The topological polar surface area (TPSA) is 91.2 Å². The molecule has 2 aliphatic rings. The number of rotatable bonds is 3. The fourth-order valence-electron chi connectivity index (χ4n) is 4.59. The molecule has 0 amide bonds. The number of aromatic nitrogens is 4. The molecule has 0 unspecified atom stereocenters. The van der Waals surface area contributed by atoms with Crippen LogP contribution < -0.4 is 10.1 Å². The molecule has 0 fully saturated rings. The van der Waals surface area contributed by atoms with E-state index in [-0.39, 0.29) is 12.0 Å². The largest absolute Gasteiger partial charge is 0.480 e. The number of tetrazole rings is 1. The van der Waals surface area contributed by atoms with Crippen LogP contribution in [0.25, 0.3) is 5.70 Å². The molecular formula is C26H21N5O3. The first-order valence-electron chi connectivity index (χ1n) is 10.9. The molecule has 6 rings (SSSR count). The summed E-state index contributed by atoms with van der Waals surface area (Å²) >= 11 is 0. The SMILES string of the molecule is COC(=O)c1ccc([C@H]2Oc3ccccc3C3=C2[C@@H](c2ccc(C)cc2)n2nnnc2N3)cc1. The highest BCUT2D eigenvalue weighted by Gasteiger charge is 2.41. The number of benzene rings is 3. The fourth-order valence-corrected chi connectivity index (χ4v) is 4.59. The summed E-state index contributed by atoms with van der Waals surface area (Å²) < 4.78 is 13.2. The molecule has 0 saturated carbocycles. The molecule has 34 heavy (non-hydrogen) atoms. The van der Waals surface area contributed by atoms with Crippen LogP contribution in [0, 0.1) is 6.92 Å². The predicted molar refractivity (Wildman–Crippen MR) is 125 cm³/mol. The predicted octanol–water partition coefficient (Wildman–Crippen LogP) is 4.33. The lowest BCUT2D eigenvalue weighted by molar-refractivity contribution is 0.0600. The van der Waals surface area contributed by atoms with Gasteiger partial charge in [-0.05, 0) is 52.7 Å². The van der Waals surface area contributed by atoms with Crippen molar-refractivity contribution in [1.29, 1.82) is 0 Å². The van der Waals surface area contributed by atoms with Gasteiger partial charge < -0.3 is 14.8 Å². The molecular weight excluding hydrogens is 430 g/mol. The zero-order chi connectivity index (χ0) is 23.2. The third kappa shape index (κ3) is 3.14. The van der Waals surface area contributed by atoms with Gasteiger partial charge in [-0.3, -0.25) is 0 Å². The standard InChI is InChI=1S/C26H21N5O3/c1-15-7-9-16(10-8-15)23-21-22(27-26-28-29-30-31(23)26)19-5-3-4-6-20(19)34-24(21)17-11-13-18(14-12-17)25(32)33-2/h3-14,23-24H,1-2H3,(H,27,28,30)/t23-,24-/m1/s1. The van der Waals surface area contributed by atoms with Gasteiger partial charge in [-0.25, -0.2) is 4.79 Å². The van der Waals surface area contributed by atoms with Crippen molar-refractivity contribution < 1.29 is 14.3 Å². The average molecular weight is 451 g/mol. The Kier molecular flexibility index (Phi) is 4.65. The molecule has 0 aliphatic carbocycles. The number of ether oxygens (including phenoxy) is 2. The zero-order valence-corrected chi connectivity index (χ0v) is 18.6. The second-order valence-corrected chi connectivity index (χ2v) is 8.32. The third-order valence-electron chi connectivity index (χ3n) is 6.27. The molecule has 2 atom stereocenters. The van der Waals surface area contributed by atoms with Crippen LogP contribution in [-0.4, -0.2) is 33.3 Å². The third-order valence-corrected chi connectivity index (χ3v) is 6.27. The molecule has 168 valence electrons. The molecule has 1 aromatic heterocycles. The summed E-state index contributed by atoms with van der Waals surface area (Å²) in [6, 6.07) is 23.3. The van der Waals surface area contributed by atoms with Crippen molar-refractivity contribution in [3.8, 4) is 5.75 Å². The van der Waals surface area contributed by atoms with Crippen molar-refractivity contribution >= 4 is 17.6 Å². The highest BCUT2D eigenvalue weighted by molar-refractivity contribution is 5.89. The fraction of sp³-hybridized carbons (Fsp3) is 0.154. The maximum absolute atomic E-state index is 12.0. The van der Waals surface area contributed by atoms with Crippen LogP contribution in [0.5, 0.6) is 5.75 Å². The van der Waals surface area contributed by atoms with Gasteiger partial charge >= 0.3 is 5.97 Å². The van der Waals surface area contributed by atoms with Gasteiger partial charge in [0, 0.05) is 11.1 Å². The summed E-state index contributed by atoms with van der Waals surface area (Å²) in [6.07, 6.45) is -0.423. The maximum Gasteiger partial charge on any atom is 0.337 e. The van der Waals surface area contributed by atoms with Gasteiger partial charge in [-0.2, -0.15) is 4.68 Å². The van der Waals surface area contributed by atoms with Gasteiger partial charge in [-0.1, -0.05) is 59.2 Å². The molecule has 3 heterocycles. The highest BCUT2D eigenvalue weighted by Crippen LogP contribution is 2.50. The Balaban J connectivity index is 1.56. The number of hydrogen-bond acceptors (Lipinski definition) is 7. The van der Waals surface area contributed by atoms with E-state index in [0.717, 1.165) is 33.7 Å². The van der Waals surface area contributed by atoms with Crippen molar-refractivity contribution in [3.63, 3.8) is 0 Å². The minimum Gasteiger partial charge on any atom is -0.480 e. The summed E-state index contributed by atoms with van der Waals surface area (Å²) in [6.45, 7) is 2.06. The lowest BCUT2D eigenvalue weighted by Crippen LogP contribution is -2.32. The number of esters is 1. The van der Waals surface area contributed by atoms with E-state index in [0.29, 0.717) is 11.5 Å². The smallest absolute Gasteiger partial charge is 0.337 e. The number of hydrogen-bond donors (Lipinski definition) is 1. The Morgan fingerprint density at radius 3 is 2.50 bits per heavy atom. The number of carbonyl (C=O) groups excluding carboxylic acids is 1. The first-order chi connectivity index (χ1) is 16.6. The van der Waals surface area contributed by atoms with Crippen LogP contribution in [0.2, 0.25) is 0 Å². The van der Waals surface area contributed by atoms with Crippen LogP contribution in [-0.2, 0) is 4.74 Å². The minimum atomic E-state index is -0.423. The number of methoxy groups -OCH3 is 1. The molecule has 0 radical (unpaired) electrons.